The number of carboxylic acid groups (broad SMARTS) is 1. The lowest BCUT2D eigenvalue weighted by molar-refractivity contribution is 0.0697. The highest BCUT2D eigenvalue weighted by Gasteiger charge is 2.06. The van der Waals surface area contributed by atoms with Crippen LogP contribution in [0.1, 0.15) is 15.9 Å². The van der Waals surface area contributed by atoms with Crippen LogP contribution in [0.15, 0.2) is 52.7 Å². The van der Waals surface area contributed by atoms with Gasteiger partial charge in [0.2, 0.25) is 0 Å². The van der Waals surface area contributed by atoms with Gasteiger partial charge in [-0.2, -0.15) is 10.2 Å². The number of aromatic carboxylic acids is 1. The van der Waals surface area contributed by atoms with E-state index in [1.807, 2.05) is 0 Å². The lowest BCUT2D eigenvalue weighted by atomic mass is 10.2. The van der Waals surface area contributed by atoms with Gasteiger partial charge in [0.05, 0.1) is 24.9 Å². The Kier molecular flexibility index (Phi) is 4.50. The number of phenols is 1. The molecule has 0 saturated carbocycles. The van der Waals surface area contributed by atoms with Crippen molar-refractivity contribution >= 4 is 11.7 Å². The van der Waals surface area contributed by atoms with Crippen LogP contribution in [-0.4, -0.2) is 23.3 Å². The summed E-state index contributed by atoms with van der Waals surface area (Å²) in [6.45, 7) is 0.198. The van der Waals surface area contributed by atoms with Crippen LogP contribution in [0.5, 0.6) is 11.5 Å². The summed E-state index contributed by atoms with van der Waals surface area (Å²) >= 11 is 0. The second-order valence-electron chi connectivity index (χ2n) is 4.22. The van der Waals surface area contributed by atoms with Crippen LogP contribution >= 0.6 is 0 Å². The molecule has 2 rings (SSSR count). The predicted octanol–water partition coefficient (Wildman–Crippen LogP) is 3.38. The molecule has 0 amide bonds. The Morgan fingerprint density at radius 3 is 2.52 bits per heavy atom. The molecule has 6 nitrogen and oxygen atoms in total. The number of ether oxygens (including phenoxy) is 1. The Labute approximate surface area is 121 Å². The fourth-order valence-electron chi connectivity index (χ4n) is 1.72. The molecular weight excluding hydrogens is 272 g/mol. The van der Waals surface area contributed by atoms with Gasteiger partial charge in [-0.05, 0) is 30.3 Å². The summed E-state index contributed by atoms with van der Waals surface area (Å²) < 4.78 is 5.01. The molecule has 0 fully saturated rings. The minimum Gasteiger partial charge on any atom is -0.504 e. The molecule has 0 unspecified atom stereocenters. The molecule has 0 aromatic heterocycles. The van der Waals surface area contributed by atoms with E-state index in [0.717, 1.165) is 0 Å². The minimum atomic E-state index is -0.986. The maximum absolute atomic E-state index is 10.7. The number of hydrogen-bond donors (Lipinski definition) is 2. The Hall–Kier alpha value is -2.89. The normalized spacial score (nSPS) is 10.7. The van der Waals surface area contributed by atoms with E-state index in [-0.39, 0.29) is 17.9 Å². The quantitative estimate of drug-likeness (QED) is 0.824. The summed E-state index contributed by atoms with van der Waals surface area (Å²) in [7, 11) is 1.48. The van der Waals surface area contributed by atoms with Gasteiger partial charge in [-0.25, -0.2) is 4.79 Å². The van der Waals surface area contributed by atoms with Crippen LogP contribution in [-0.2, 0) is 6.54 Å². The SMILES string of the molecule is COc1cccc(CN=Nc2ccc(C(=O)O)cc2)c1O. The molecule has 0 radical (unpaired) electrons. The average molecular weight is 286 g/mol. The number of aromatic hydroxyl groups is 1. The minimum absolute atomic E-state index is 0.0418. The van der Waals surface area contributed by atoms with E-state index in [2.05, 4.69) is 10.2 Å². The average Bonchev–Trinajstić information content (AvgIpc) is 2.49. The van der Waals surface area contributed by atoms with E-state index in [9.17, 15) is 9.90 Å². The van der Waals surface area contributed by atoms with Crippen molar-refractivity contribution in [3.05, 3.63) is 53.6 Å². The van der Waals surface area contributed by atoms with Crippen molar-refractivity contribution in [2.75, 3.05) is 7.11 Å². The van der Waals surface area contributed by atoms with Crippen LogP contribution in [0.3, 0.4) is 0 Å². The lowest BCUT2D eigenvalue weighted by Crippen LogP contribution is -1.94. The summed E-state index contributed by atoms with van der Waals surface area (Å²) in [5, 5.41) is 26.6. The highest BCUT2D eigenvalue weighted by molar-refractivity contribution is 5.87. The molecular formula is C15H14N2O4. The van der Waals surface area contributed by atoms with Crippen molar-refractivity contribution in [2.24, 2.45) is 10.2 Å². The standard InChI is InChI=1S/C15H14N2O4/c1-21-13-4-2-3-11(14(13)18)9-16-17-12-7-5-10(6-8-12)15(19)20/h2-8,18H,9H2,1H3,(H,19,20). The van der Waals surface area contributed by atoms with E-state index in [1.54, 1.807) is 30.3 Å². The summed E-state index contributed by atoms with van der Waals surface area (Å²) in [5.41, 5.74) is 1.34. The number of nitrogens with zero attached hydrogens (tertiary/aromatic N) is 2. The molecule has 21 heavy (non-hydrogen) atoms. The van der Waals surface area contributed by atoms with Crippen molar-refractivity contribution < 1.29 is 19.7 Å². The number of azo groups is 1. The first-order valence-electron chi connectivity index (χ1n) is 6.17. The van der Waals surface area contributed by atoms with E-state index < -0.39 is 5.97 Å². The van der Waals surface area contributed by atoms with E-state index in [0.29, 0.717) is 17.0 Å². The summed E-state index contributed by atoms with van der Waals surface area (Å²) in [6, 6.07) is 11.2. The van der Waals surface area contributed by atoms with Gasteiger partial charge in [0, 0.05) is 5.56 Å². The van der Waals surface area contributed by atoms with E-state index in [4.69, 9.17) is 9.84 Å². The summed E-state index contributed by atoms with van der Waals surface area (Å²) in [4.78, 5) is 10.7. The third-order valence-corrected chi connectivity index (χ3v) is 2.84. The van der Waals surface area contributed by atoms with Crippen molar-refractivity contribution in [3.8, 4) is 11.5 Å². The van der Waals surface area contributed by atoms with Gasteiger partial charge in [-0.15, -0.1) is 0 Å². The third-order valence-electron chi connectivity index (χ3n) is 2.84. The first kappa shape index (κ1) is 14.5. The Morgan fingerprint density at radius 2 is 1.90 bits per heavy atom. The zero-order valence-corrected chi connectivity index (χ0v) is 11.4. The molecule has 0 aliphatic carbocycles. The monoisotopic (exact) mass is 286 g/mol. The van der Waals surface area contributed by atoms with Gasteiger partial charge >= 0.3 is 5.97 Å². The molecule has 0 aliphatic rings. The van der Waals surface area contributed by atoms with Gasteiger partial charge in [0.25, 0.3) is 0 Å². The molecule has 0 spiro atoms. The predicted molar refractivity (Wildman–Crippen MR) is 76.3 cm³/mol. The zero-order valence-electron chi connectivity index (χ0n) is 11.4. The maximum atomic E-state index is 10.7. The molecule has 2 aromatic rings. The second-order valence-corrected chi connectivity index (χ2v) is 4.22. The highest BCUT2D eigenvalue weighted by atomic mass is 16.5. The number of hydrogen-bond acceptors (Lipinski definition) is 5. The molecule has 0 heterocycles. The number of rotatable bonds is 5. The van der Waals surface area contributed by atoms with Gasteiger partial charge in [-0.3, -0.25) is 0 Å². The number of carboxylic acids is 1. The molecule has 0 bridgehead atoms. The Bertz CT molecular complexity index is 666. The fraction of sp³-hybridized carbons (Fsp3) is 0.133. The number of benzene rings is 2. The van der Waals surface area contributed by atoms with Crippen LogP contribution in [0.4, 0.5) is 5.69 Å². The molecule has 0 atom stereocenters. The van der Waals surface area contributed by atoms with E-state index in [1.165, 1.54) is 19.2 Å². The lowest BCUT2D eigenvalue weighted by Gasteiger charge is -2.05. The topological polar surface area (TPSA) is 91.5 Å². The van der Waals surface area contributed by atoms with Crippen molar-refractivity contribution in [1.82, 2.24) is 0 Å². The zero-order chi connectivity index (χ0) is 15.2. The van der Waals surface area contributed by atoms with Crippen LogP contribution in [0.25, 0.3) is 0 Å². The first-order valence-corrected chi connectivity index (χ1v) is 6.17. The molecule has 0 saturated heterocycles. The van der Waals surface area contributed by atoms with Gasteiger partial charge in [0.15, 0.2) is 11.5 Å². The number of para-hydroxylation sites is 1. The molecule has 6 heteroatoms. The smallest absolute Gasteiger partial charge is 0.335 e. The van der Waals surface area contributed by atoms with Crippen LogP contribution < -0.4 is 4.74 Å². The van der Waals surface area contributed by atoms with Crippen molar-refractivity contribution in [1.29, 1.82) is 0 Å². The number of carbonyl (C=O) groups is 1. The fourth-order valence-corrected chi connectivity index (χ4v) is 1.72. The van der Waals surface area contributed by atoms with Crippen molar-refractivity contribution in [2.45, 2.75) is 6.54 Å². The number of phenolic OH excluding ortho intramolecular Hbond substituents is 1. The summed E-state index contributed by atoms with van der Waals surface area (Å²) in [6.07, 6.45) is 0. The van der Waals surface area contributed by atoms with Crippen LogP contribution in [0.2, 0.25) is 0 Å². The molecule has 0 aliphatic heterocycles. The summed E-state index contributed by atoms with van der Waals surface area (Å²) in [5.74, 6) is -0.562. The Morgan fingerprint density at radius 1 is 1.19 bits per heavy atom. The van der Waals surface area contributed by atoms with E-state index >= 15 is 0 Å². The van der Waals surface area contributed by atoms with Gasteiger partial charge in [0.1, 0.15) is 0 Å². The van der Waals surface area contributed by atoms with Crippen LogP contribution in [0, 0.1) is 0 Å². The Balaban J connectivity index is 2.07. The maximum Gasteiger partial charge on any atom is 0.335 e. The van der Waals surface area contributed by atoms with Gasteiger partial charge < -0.3 is 14.9 Å². The molecule has 2 aromatic carbocycles. The largest absolute Gasteiger partial charge is 0.504 e. The molecule has 108 valence electrons. The highest BCUT2D eigenvalue weighted by Crippen LogP contribution is 2.30. The number of methoxy groups -OCH3 is 1. The molecule has 2 N–H and O–H groups in total. The third kappa shape index (κ3) is 3.56. The second kappa shape index (κ2) is 6.51. The van der Waals surface area contributed by atoms with Crippen molar-refractivity contribution in [3.63, 3.8) is 0 Å². The van der Waals surface area contributed by atoms with Gasteiger partial charge in [-0.1, -0.05) is 12.1 Å². The first-order chi connectivity index (χ1) is 10.1.